The van der Waals surface area contributed by atoms with Crippen LogP contribution in [0, 0.1) is 6.92 Å². The van der Waals surface area contributed by atoms with Crippen LogP contribution in [-0.4, -0.2) is 36.1 Å². The molecule has 168 valence electrons. The van der Waals surface area contributed by atoms with Gasteiger partial charge in [-0.15, -0.1) is 0 Å². The fourth-order valence-electron chi connectivity index (χ4n) is 3.81. The van der Waals surface area contributed by atoms with Crippen LogP contribution in [0.2, 0.25) is 0 Å². The molecular formula is C24H31N7O. The summed E-state index contributed by atoms with van der Waals surface area (Å²) in [6.07, 6.45) is 5.81. The van der Waals surface area contributed by atoms with E-state index in [-0.39, 0.29) is 6.04 Å². The summed E-state index contributed by atoms with van der Waals surface area (Å²) in [5, 5.41) is 13.0. The summed E-state index contributed by atoms with van der Waals surface area (Å²) in [5.74, 6) is 0.581. The number of fused-ring (bicyclic) bond motifs is 1. The van der Waals surface area contributed by atoms with Gasteiger partial charge in [-0.3, -0.25) is 9.36 Å². The number of pyridine rings is 2. The van der Waals surface area contributed by atoms with Crippen LogP contribution in [0.5, 0.6) is 5.88 Å². The van der Waals surface area contributed by atoms with Crippen molar-refractivity contribution < 1.29 is 4.74 Å². The molecule has 0 saturated carbocycles. The lowest BCUT2D eigenvalue weighted by molar-refractivity contribution is 0.328. The second-order valence-corrected chi connectivity index (χ2v) is 8.10. The van der Waals surface area contributed by atoms with Crippen molar-refractivity contribution >= 4 is 16.7 Å². The molecule has 8 nitrogen and oxygen atoms in total. The van der Waals surface area contributed by atoms with Gasteiger partial charge in [0.2, 0.25) is 5.88 Å². The Morgan fingerprint density at radius 3 is 2.75 bits per heavy atom. The van der Waals surface area contributed by atoms with Crippen molar-refractivity contribution in [1.82, 2.24) is 29.5 Å². The van der Waals surface area contributed by atoms with Crippen LogP contribution in [0.4, 0.5) is 5.69 Å². The number of nitrogens with zero attached hydrogens (tertiary/aromatic N) is 6. The summed E-state index contributed by atoms with van der Waals surface area (Å²) in [5.41, 5.74) is 6.48. The highest BCUT2D eigenvalue weighted by atomic mass is 16.5. The smallest absolute Gasteiger partial charge is 0.222 e. The zero-order chi connectivity index (χ0) is 22.7. The largest absolute Gasteiger partial charge is 0.477 e. The second-order valence-electron chi connectivity index (χ2n) is 8.10. The molecule has 0 aromatic carbocycles. The first-order valence-corrected chi connectivity index (χ1v) is 11.3. The summed E-state index contributed by atoms with van der Waals surface area (Å²) >= 11 is 0. The molecule has 0 aliphatic rings. The van der Waals surface area contributed by atoms with Gasteiger partial charge in [-0.1, -0.05) is 13.3 Å². The van der Waals surface area contributed by atoms with Gasteiger partial charge < -0.3 is 10.1 Å². The Bertz CT molecular complexity index is 1210. The minimum atomic E-state index is 0.206. The Labute approximate surface area is 188 Å². The van der Waals surface area contributed by atoms with E-state index in [4.69, 9.17) is 14.8 Å². The highest BCUT2D eigenvalue weighted by Gasteiger charge is 2.19. The van der Waals surface area contributed by atoms with E-state index in [9.17, 15) is 0 Å². The quantitative estimate of drug-likeness (QED) is 0.400. The van der Waals surface area contributed by atoms with Crippen LogP contribution < -0.4 is 10.1 Å². The van der Waals surface area contributed by atoms with Crippen molar-refractivity contribution in [3.8, 4) is 17.1 Å². The third kappa shape index (κ3) is 4.30. The molecule has 0 unspecified atom stereocenters. The zero-order valence-electron chi connectivity index (χ0n) is 19.5. The molecule has 0 radical (unpaired) electrons. The molecule has 0 fully saturated rings. The third-order valence-corrected chi connectivity index (χ3v) is 5.27. The highest BCUT2D eigenvalue weighted by Crippen LogP contribution is 2.34. The first kappa shape index (κ1) is 21.8. The van der Waals surface area contributed by atoms with E-state index in [1.807, 2.05) is 41.5 Å². The predicted octanol–water partition coefficient (Wildman–Crippen LogP) is 5.00. The van der Waals surface area contributed by atoms with Gasteiger partial charge in [-0.2, -0.15) is 10.2 Å². The molecule has 0 atom stereocenters. The molecule has 1 N–H and O–H groups in total. The average Bonchev–Trinajstić information content (AvgIpc) is 3.37. The van der Waals surface area contributed by atoms with E-state index in [0.29, 0.717) is 19.2 Å². The number of rotatable bonds is 9. The van der Waals surface area contributed by atoms with E-state index in [1.54, 1.807) is 6.20 Å². The van der Waals surface area contributed by atoms with E-state index in [2.05, 4.69) is 48.3 Å². The number of aromatic nitrogens is 6. The molecule has 4 aromatic heterocycles. The van der Waals surface area contributed by atoms with Crippen LogP contribution in [0.3, 0.4) is 0 Å². The summed E-state index contributed by atoms with van der Waals surface area (Å²) < 4.78 is 9.72. The van der Waals surface area contributed by atoms with Gasteiger partial charge in [-0.05, 0) is 58.4 Å². The van der Waals surface area contributed by atoms with Crippen molar-refractivity contribution in [1.29, 1.82) is 0 Å². The van der Waals surface area contributed by atoms with Crippen LogP contribution in [0.25, 0.3) is 22.3 Å². The Balaban J connectivity index is 1.79. The lowest BCUT2D eigenvalue weighted by atomic mass is 10.1. The molecule has 0 amide bonds. The second kappa shape index (κ2) is 9.38. The first-order chi connectivity index (χ1) is 15.5. The molecule has 0 saturated heterocycles. The Hall–Kier alpha value is -3.42. The molecule has 32 heavy (non-hydrogen) atoms. The van der Waals surface area contributed by atoms with Crippen LogP contribution in [0.15, 0.2) is 36.7 Å². The summed E-state index contributed by atoms with van der Waals surface area (Å²) in [6.45, 7) is 11.5. The van der Waals surface area contributed by atoms with Crippen molar-refractivity contribution in [3.05, 3.63) is 48.0 Å². The SMILES string of the molecule is CCCc1ccn(CNc2cc(-c3cccnc3OCC)nc3c(C)nn(C(C)C)c23)n1. The van der Waals surface area contributed by atoms with E-state index in [1.165, 1.54) is 0 Å². The molecule has 0 spiro atoms. The number of aryl methyl sites for hydroxylation is 2. The van der Waals surface area contributed by atoms with Gasteiger partial charge >= 0.3 is 0 Å². The summed E-state index contributed by atoms with van der Waals surface area (Å²) in [4.78, 5) is 9.38. The van der Waals surface area contributed by atoms with Crippen molar-refractivity contribution in [2.45, 2.75) is 60.2 Å². The van der Waals surface area contributed by atoms with E-state index < -0.39 is 0 Å². The van der Waals surface area contributed by atoms with Gasteiger partial charge in [-0.25, -0.2) is 9.97 Å². The lowest BCUT2D eigenvalue weighted by Gasteiger charge is -2.15. The third-order valence-electron chi connectivity index (χ3n) is 5.27. The predicted molar refractivity (Wildman–Crippen MR) is 127 cm³/mol. The van der Waals surface area contributed by atoms with Gasteiger partial charge in [0.15, 0.2) is 0 Å². The van der Waals surface area contributed by atoms with Crippen LogP contribution in [-0.2, 0) is 13.1 Å². The van der Waals surface area contributed by atoms with E-state index in [0.717, 1.165) is 52.2 Å². The average molecular weight is 434 g/mol. The number of hydrogen-bond acceptors (Lipinski definition) is 6. The van der Waals surface area contributed by atoms with Crippen molar-refractivity contribution in [3.63, 3.8) is 0 Å². The number of hydrogen-bond donors (Lipinski definition) is 1. The fraction of sp³-hybridized carbons (Fsp3) is 0.417. The van der Waals surface area contributed by atoms with E-state index >= 15 is 0 Å². The maximum absolute atomic E-state index is 5.77. The first-order valence-electron chi connectivity index (χ1n) is 11.3. The minimum absolute atomic E-state index is 0.206. The molecule has 8 heteroatoms. The normalized spacial score (nSPS) is 11.4. The standard InChI is InChI=1S/C24H31N7O/c1-6-9-18-11-13-30(29-18)15-26-21-14-20(19-10-8-12-25-24(19)32-7-2)27-22-17(5)28-31(16(3)4)23(21)22/h8,10-14,16H,6-7,9,15H2,1-5H3,(H,26,27). The summed E-state index contributed by atoms with van der Waals surface area (Å²) in [7, 11) is 0. The number of ether oxygens (including phenoxy) is 1. The lowest BCUT2D eigenvalue weighted by Crippen LogP contribution is -2.11. The molecule has 4 rings (SSSR count). The molecular weight excluding hydrogens is 402 g/mol. The molecule has 0 bridgehead atoms. The molecule has 4 heterocycles. The number of nitrogens with one attached hydrogen (secondary N) is 1. The van der Waals surface area contributed by atoms with Gasteiger partial charge in [0.25, 0.3) is 0 Å². The maximum Gasteiger partial charge on any atom is 0.222 e. The molecule has 4 aromatic rings. The minimum Gasteiger partial charge on any atom is -0.477 e. The van der Waals surface area contributed by atoms with Gasteiger partial charge in [0.05, 0.1) is 34.9 Å². The van der Waals surface area contributed by atoms with Crippen LogP contribution in [0.1, 0.15) is 51.5 Å². The highest BCUT2D eigenvalue weighted by molar-refractivity contribution is 5.93. The maximum atomic E-state index is 5.77. The number of anilines is 1. The molecule has 0 aliphatic carbocycles. The Morgan fingerprint density at radius 1 is 1.16 bits per heavy atom. The van der Waals surface area contributed by atoms with Gasteiger partial charge in [0, 0.05) is 18.4 Å². The topological polar surface area (TPSA) is 82.7 Å². The van der Waals surface area contributed by atoms with Crippen molar-refractivity contribution in [2.75, 3.05) is 11.9 Å². The monoisotopic (exact) mass is 433 g/mol. The summed E-state index contributed by atoms with van der Waals surface area (Å²) in [6, 6.07) is 8.23. The molecule has 0 aliphatic heterocycles. The van der Waals surface area contributed by atoms with Gasteiger partial charge in [0.1, 0.15) is 17.7 Å². The zero-order valence-corrected chi connectivity index (χ0v) is 19.5. The fourth-order valence-corrected chi connectivity index (χ4v) is 3.81. The van der Waals surface area contributed by atoms with Crippen LogP contribution >= 0.6 is 0 Å². The Morgan fingerprint density at radius 2 is 2.00 bits per heavy atom. The van der Waals surface area contributed by atoms with Crippen molar-refractivity contribution in [2.24, 2.45) is 0 Å². The Kier molecular flexibility index (Phi) is 6.39.